The van der Waals surface area contributed by atoms with Crippen molar-refractivity contribution in [3.63, 3.8) is 0 Å². The SMILES string of the molecule is O=C1CCCN(C(=O)c2cnccn2)c2ccccc21. The molecule has 0 radical (unpaired) electrons. The molecule has 0 spiro atoms. The van der Waals surface area contributed by atoms with Gasteiger partial charge in [-0.3, -0.25) is 14.6 Å². The molecule has 1 aliphatic heterocycles. The molecule has 3 rings (SSSR count). The Balaban J connectivity index is 2.04. The normalized spacial score (nSPS) is 14.6. The van der Waals surface area contributed by atoms with Crippen molar-refractivity contribution in [1.82, 2.24) is 9.97 Å². The number of carbonyl (C=O) groups is 2. The number of nitrogens with zero attached hydrogens (tertiary/aromatic N) is 3. The van der Waals surface area contributed by atoms with E-state index in [0.717, 1.165) is 0 Å². The van der Waals surface area contributed by atoms with Gasteiger partial charge in [0, 0.05) is 30.9 Å². The Hall–Kier alpha value is -2.56. The molecule has 1 aliphatic rings. The molecule has 2 heterocycles. The van der Waals surface area contributed by atoms with Crippen molar-refractivity contribution in [2.75, 3.05) is 11.4 Å². The van der Waals surface area contributed by atoms with E-state index in [1.165, 1.54) is 18.6 Å². The second kappa shape index (κ2) is 5.21. The Kier molecular flexibility index (Phi) is 3.25. The fraction of sp³-hybridized carbons (Fsp3) is 0.200. The quantitative estimate of drug-likeness (QED) is 0.793. The fourth-order valence-corrected chi connectivity index (χ4v) is 2.36. The van der Waals surface area contributed by atoms with Crippen LogP contribution >= 0.6 is 0 Å². The lowest BCUT2D eigenvalue weighted by Crippen LogP contribution is -2.32. The molecule has 0 saturated carbocycles. The van der Waals surface area contributed by atoms with Crippen LogP contribution in [-0.4, -0.2) is 28.2 Å². The van der Waals surface area contributed by atoms with E-state index < -0.39 is 0 Å². The monoisotopic (exact) mass is 267 g/mol. The van der Waals surface area contributed by atoms with Gasteiger partial charge >= 0.3 is 0 Å². The van der Waals surface area contributed by atoms with Crippen LogP contribution < -0.4 is 4.90 Å². The number of benzene rings is 1. The summed E-state index contributed by atoms with van der Waals surface area (Å²) in [6.07, 6.45) is 5.57. The van der Waals surface area contributed by atoms with Crippen LogP contribution in [-0.2, 0) is 0 Å². The highest BCUT2D eigenvalue weighted by atomic mass is 16.2. The topological polar surface area (TPSA) is 63.2 Å². The van der Waals surface area contributed by atoms with E-state index in [0.29, 0.717) is 30.6 Å². The highest BCUT2D eigenvalue weighted by Crippen LogP contribution is 2.27. The number of hydrogen-bond donors (Lipinski definition) is 0. The van der Waals surface area contributed by atoms with E-state index >= 15 is 0 Å². The van der Waals surface area contributed by atoms with Gasteiger partial charge in [-0.15, -0.1) is 0 Å². The lowest BCUT2D eigenvalue weighted by atomic mass is 10.1. The van der Waals surface area contributed by atoms with Crippen molar-refractivity contribution < 1.29 is 9.59 Å². The van der Waals surface area contributed by atoms with Crippen LogP contribution in [0.3, 0.4) is 0 Å². The number of hydrogen-bond acceptors (Lipinski definition) is 4. The molecule has 0 saturated heterocycles. The standard InChI is InChI=1S/C15H13N3O2/c19-14-6-3-9-18(13-5-2-1-4-11(13)14)15(20)12-10-16-7-8-17-12/h1-2,4-5,7-8,10H,3,6,9H2. The summed E-state index contributed by atoms with van der Waals surface area (Å²) in [7, 11) is 0. The van der Waals surface area contributed by atoms with Crippen LogP contribution in [0.4, 0.5) is 5.69 Å². The summed E-state index contributed by atoms with van der Waals surface area (Å²) in [4.78, 5) is 34.1. The number of anilines is 1. The van der Waals surface area contributed by atoms with Crippen LogP contribution in [0.25, 0.3) is 0 Å². The van der Waals surface area contributed by atoms with Gasteiger partial charge in [0.15, 0.2) is 5.78 Å². The molecule has 0 bridgehead atoms. The zero-order valence-corrected chi connectivity index (χ0v) is 10.8. The number of para-hydroxylation sites is 1. The first-order valence-electron chi connectivity index (χ1n) is 6.47. The minimum atomic E-state index is -0.222. The Morgan fingerprint density at radius 3 is 2.85 bits per heavy atom. The third-order valence-corrected chi connectivity index (χ3v) is 3.31. The summed E-state index contributed by atoms with van der Waals surface area (Å²) in [6, 6.07) is 7.20. The van der Waals surface area contributed by atoms with Crippen molar-refractivity contribution >= 4 is 17.4 Å². The summed E-state index contributed by atoms with van der Waals surface area (Å²) in [5.41, 5.74) is 1.55. The van der Waals surface area contributed by atoms with Gasteiger partial charge in [-0.05, 0) is 18.6 Å². The van der Waals surface area contributed by atoms with Crippen LogP contribution in [0.5, 0.6) is 0 Å². The van der Waals surface area contributed by atoms with Gasteiger partial charge in [0.2, 0.25) is 0 Å². The van der Waals surface area contributed by atoms with Gasteiger partial charge in [-0.1, -0.05) is 12.1 Å². The highest BCUT2D eigenvalue weighted by Gasteiger charge is 2.26. The van der Waals surface area contributed by atoms with E-state index in [1.807, 2.05) is 12.1 Å². The van der Waals surface area contributed by atoms with Crippen molar-refractivity contribution in [2.24, 2.45) is 0 Å². The first-order valence-corrected chi connectivity index (χ1v) is 6.47. The summed E-state index contributed by atoms with van der Waals surface area (Å²) < 4.78 is 0. The first-order chi connectivity index (χ1) is 9.77. The molecule has 0 unspecified atom stereocenters. The van der Waals surface area contributed by atoms with E-state index in [9.17, 15) is 9.59 Å². The maximum atomic E-state index is 12.5. The molecular formula is C15H13N3O2. The van der Waals surface area contributed by atoms with Crippen LogP contribution in [0.15, 0.2) is 42.9 Å². The van der Waals surface area contributed by atoms with Gasteiger partial charge < -0.3 is 4.90 Å². The maximum Gasteiger partial charge on any atom is 0.278 e. The zero-order chi connectivity index (χ0) is 13.9. The van der Waals surface area contributed by atoms with Crippen molar-refractivity contribution in [2.45, 2.75) is 12.8 Å². The minimum Gasteiger partial charge on any atom is -0.306 e. The van der Waals surface area contributed by atoms with Gasteiger partial charge in [-0.2, -0.15) is 0 Å². The molecule has 1 aromatic heterocycles. The second-order valence-corrected chi connectivity index (χ2v) is 4.59. The first kappa shape index (κ1) is 12.5. The second-order valence-electron chi connectivity index (χ2n) is 4.59. The Morgan fingerprint density at radius 2 is 2.05 bits per heavy atom. The van der Waals surface area contributed by atoms with Gasteiger partial charge in [-0.25, -0.2) is 4.98 Å². The number of fused-ring (bicyclic) bond motifs is 1. The predicted molar refractivity (Wildman–Crippen MR) is 73.7 cm³/mol. The molecular weight excluding hydrogens is 254 g/mol. The lowest BCUT2D eigenvalue weighted by molar-refractivity contribution is 0.0971. The molecule has 0 fully saturated rings. The number of rotatable bonds is 1. The number of amides is 1. The molecule has 5 heteroatoms. The number of aromatic nitrogens is 2. The Morgan fingerprint density at radius 1 is 1.20 bits per heavy atom. The Labute approximate surface area is 116 Å². The average Bonchev–Trinajstić information content (AvgIpc) is 2.67. The van der Waals surface area contributed by atoms with E-state index in [2.05, 4.69) is 9.97 Å². The molecule has 2 aromatic rings. The Bertz CT molecular complexity index is 655. The van der Waals surface area contributed by atoms with Crippen molar-refractivity contribution in [3.05, 3.63) is 54.1 Å². The van der Waals surface area contributed by atoms with E-state index in [-0.39, 0.29) is 17.4 Å². The predicted octanol–water partition coefficient (Wildman–Crippen LogP) is 2.10. The van der Waals surface area contributed by atoms with Gasteiger partial charge in [0.25, 0.3) is 5.91 Å². The zero-order valence-electron chi connectivity index (χ0n) is 10.8. The molecule has 5 nitrogen and oxygen atoms in total. The van der Waals surface area contributed by atoms with E-state index in [1.54, 1.807) is 17.0 Å². The molecule has 100 valence electrons. The highest BCUT2D eigenvalue weighted by molar-refractivity contribution is 6.10. The summed E-state index contributed by atoms with van der Waals surface area (Å²) in [6.45, 7) is 0.512. The third-order valence-electron chi connectivity index (χ3n) is 3.31. The van der Waals surface area contributed by atoms with Crippen molar-refractivity contribution in [3.8, 4) is 0 Å². The summed E-state index contributed by atoms with van der Waals surface area (Å²) >= 11 is 0. The number of ketones is 1. The van der Waals surface area contributed by atoms with Gasteiger partial charge in [0.05, 0.1) is 11.9 Å². The molecule has 0 atom stereocenters. The van der Waals surface area contributed by atoms with E-state index in [4.69, 9.17) is 0 Å². The third kappa shape index (κ3) is 2.18. The molecule has 0 aliphatic carbocycles. The van der Waals surface area contributed by atoms with Crippen LogP contribution in [0.2, 0.25) is 0 Å². The smallest absolute Gasteiger partial charge is 0.278 e. The largest absolute Gasteiger partial charge is 0.306 e. The summed E-state index contributed by atoms with van der Waals surface area (Å²) in [5.74, 6) is -0.143. The van der Waals surface area contributed by atoms with Crippen LogP contribution in [0, 0.1) is 0 Å². The lowest BCUT2D eigenvalue weighted by Gasteiger charge is -2.21. The molecule has 0 N–H and O–H groups in total. The average molecular weight is 267 g/mol. The van der Waals surface area contributed by atoms with Crippen LogP contribution in [0.1, 0.15) is 33.7 Å². The van der Waals surface area contributed by atoms with Gasteiger partial charge in [0.1, 0.15) is 5.69 Å². The number of carbonyl (C=O) groups excluding carboxylic acids is 2. The fourth-order valence-electron chi connectivity index (χ4n) is 2.36. The molecule has 1 amide bonds. The minimum absolute atomic E-state index is 0.0787. The molecule has 20 heavy (non-hydrogen) atoms. The van der Waals surface area contributed by atoms with Crippen molar-refractivity contribution in [1.29, 1.82) is 0 Å². The number of Topliss-reactive ketones (excluding diaryl/α,β-unsaturated/α-hetero) is 1. The summed E-state index contributed by atoms with van der Waals surface area (Å²) in [5, 5.41) is 0. The molecule has 1 aromatic carbocycles. The maximum absolute atomic E-state index is 12.5.